The number of hydrogen-bond acceptors (Lipinski definition) is 4. The van der Waals surface area contributed by atoms with E-state index in [1.807, 2.05) is 0 Å². The molecule has 0 amide bonds. The average Bonchev–Trinajstić information content (AvgIpc) is 2.51. The molecule has 0 aromatic heterocycles. The zero-order valence-electron chi connectivity index (χ0n) is 8.46. The molecule has 0 unspecified atom stereocenters. The Hall–Kier alpha value is -1.04. The molecule has 0 saturated carbocycles. The highest BCUT2D eigenvalue weighted by Gasteiger charge is 2.21. The molecule has 0 bridgehead atoms. The van der Waals surface area contributed by atoms with Gasteiger partial charge in [0.15, 0.2) is 17.3 Å². The quantitative estimate of drug-likeness (QED) is 0.813. The molecule has 1 heterocycles. The third-order valence-corrected chi connectivity index (χ3v) is 2.57. The van der Waals surface area contributed by atoms with Gasteiger partial charge in [-0.15, -0.1) is 0 Å². The van der Waals surface area contributed by atoms with Gasteiger partial charge in [0, 0.05) is 12.0 Å². The van der Waals surface area contributed by atoms with Gasteiger partial charge in [-0.25, -0.2) is 10.3 Å². The molecule has 1 aromatic carbocycles. The van der Waals surface area contributed by atoms with E-state index in [0.29, 0.717) is 19.0 Å². The molecule has 0 atom stereocenters. The van der Waals surface area contributed by atoms with Crippen molar-refractivity contribution in [1.82, 2.24) is 0 Å². The van der Waals surface area contributed by atoms with Crippen LogP contribution in [0.1, 0.15) is 12.0 Å². The van der Waals surface area contributed by atoms with Gasteiger partial charge in [-0.2, -0.15) is 0 Å². The van der Waals surface area contributed by atoms with Crippen LogP contribution in [0.15, 0.2) is 6.07 Å². The topological polar surface area (TPSA) is 53.7 Å². The number of ether oxygens (including phenoxy) is 2. The van der Waals surface area contributed by atoms with Crippen LogP contribution in [-0.2, 0) is 11.4 Å². The van der Waals surface area contributed by atoms with Gasteiger partial charge in [0.05, 0.1) is 19.8 Å². The van der Waals surface area contributed by atoms with E-state index >= 15 is 0 Å². The Kier molecular flexibility index (Phi) is 3.48. The standard InChI is InChI=1S/C10H11ClFNO3/c11-8-9(12)6(5-16-13)4-7-10(8)15-3-1-2-14-7/h4H,1-3,5,13H2. The molecule has 0 aliphatic carbocycles. The van der Waals surface area contributed by atoms with Crippen molar-refractivity contribution in [2.75, 3.05) is 13.2 Å². The van der Waals surface area contributed by atoms with Crippen LogP contribution in [0, 0.1) is 5.82 Å². The second kappa shape index (κ2) is 4.86. The van der Waals surface area contributed by atoms with Gasteiger partial charge in [-0.3, -0.25) is 4.84 Å². The summed E-state index contributed by atoms with van der Waals surface area (Å²) in [5.74, 6) is 4.99. The Morgan fingerprint density at radius 1 is 1.44 bits per heavy atom. The second-order valence-corrected chi connectivity index (χ2v) is 3.73. The van der Waals surface area contributed by atoms with E-state index in [0.717, 1.165) is 6.42 Å². The fraction of sp³-hybridized carbons (Fsp3) is 0.400. The van der Waals surface area contributed by atoms with E-state index in [1.165, 1.54) is 6.07 Å². The van der Waals surface area contributed by atoms with Crippen LogP contribution in [0.3, 0.4) is 0 Å². The summed E-state index contributed by atoms with van der Waals surface area (Å²) in [6.07, 6.45) is 0.731. The van der Waals surface area contributed by atoms with Crippen LogP contribution in [-0.4, -0.2) is 13.2 Å². The van der Waals surface area contributed by atoms with E-state index in [4.69, 9.17) is 27.0 Å². The van der Waals surface area contributed by atoms with E-state index in [-0.39, 0.29) is 22.9 Å². The van der Waals surface area contributed by atoms with Crippen LogP contribution in [0.4, 0.5) is 4.39 Å². The van der Waals surface area contributed by atoms with Gasteiger partial charge in [0.25, 0.3) is 0 Å². The van der Waals surface area contributed by atoms with E-state index < -0.39 is 5.82 Å². The lowest BCUT2D eigenvalue weighted by molar-refractivity contribution is 0.121. The molecule has 1 aliphatic rings. The van der Waals surface area contributed by atoms with Crippen molar-refractivity contribution >= 4 is 11.6 Å². The Morgan fingerprint density at radius 3 is 2.94 bits per heavy atom. The van der Waals surface area contributed by atoms with Crippen molar-refractivity contribution in [1.29, 1.82) is 0 Å². The average molecular weight is 248 g/mol. The van der Waals surface area contributed by atoms with Gasteiger partial charge >= 0.3 is 0 Å². The number of nitrogens with two attached hydrogens (primary N) is 1. The first-order valence-corrected chi connectivity index (χ1v) is 5.20. The molecule has 4 nitrogen and oxygen atoms in total. The maximum absolute atomic E-state index is 13.7. The summed E-state index contributed by atoms with van der Waals surface area (Å²) in [5, 5.41) is -0.0912. The molecule has 1 aliphatic heterocycles. The predicted octanol–water partition coefficient (Wildman–Crippen LogP) is 2.03. The molecule has 88 valence electrons. The van der Waals surface area contributed by atoms with Gasteiger partial charge in [0.2, 0.25) is 0 Å². The van der Waals surface area contributed by atoms with Gasteiger partial charge in [0.1, 0.15) is 5.02 Å². The van der Waals surface area contributed by atoms with Crippen LogP contribution in [0.2, 0.25) is 5.02 Å². The number of benzene rings is 1. The maximum Gasteiger partial charge on any atom is 0.182 e. The summed E-state index contributed by atoms with van der Waals surface area (Å²) in [6.45, 7) is 0.902. The van der Waals surface area contributed by atoms with E-state index in [9.17, 15) is 4.39 Å². The molecule has 6 heteroatoms. The number of hydrogen-bond donors (Lipinski definition) is 1. The Labute approximate surface area is 97.0 Å². The highest BCUT2D eigenvalue weighted by molar-refractivity contribution is 6.32. The first-order valence-electron chi connectivity index (χ1n) is 4.82. The highest BCUT2D eigenvalue weighted by atomic mass is 35.5. The summed E-state index contributed by atoms with van der Waals surface area (Å²) in [5.41, 5.74) is 0.247. The van der Waals surface area contributed by atoms with Crippen molar-refractivity contribution in [3.05, 3.63) is 22.5 Å². The SMILES string of the molecule is NOCc1cc2c(c(Cl)c1F)OCCCO2. The fourth-order valence-electron chi connectivity index (χ4n) is 1.49. The zero-order valence-corrected chi connectivity index (χ0v) is 9.22. The van der Waals surface area contributed by atoms with Crippen molar-refractivity contribution in [3.63, 3.8) is 0 Å². The fourth-order valence-corrected chi connectivity index (χ4v) is 1.76. The molecule has 0 saturated heterocycles. The monoisotopic (exact) mass is 247 g/mol. The molecule has 0 fully saturated rings. The first-order chi connectivity index (χ1) is 7.74. The van der Waals surface area contributed by atoms with E-state index in [1.54, 1.807) is 0 Å². The van der Waals surface area contributed by atoms with Crippen LogP contribution < -0.4 is 15.4 Å². The molecule has 2 N–H and O–H groups in total. The summed E-state index contributed by atoms with van der Waals surface area (Å²) in [4.78, 5) is 4.39. The van der Waals surface area contributed by atoms with Crippen molar-refractivity contribution in [3.8, 4) is 11.5 Å². The Bertz CT molecular complexity index is 400. The number of fused-ring (bicyclic) bond motifs is 1. The van der Waals surface area contributed by atoms with Gasteiger partial charge in [-0.05, 0) is 6.07 Å². The lowest BCUT2D eigenvalue weighted by Gasteiger charge is -2.12. The third kappa shape index (κ3) is 2.07. The molecular weight excluding hydrogens is 237 g/mol. The summed E-state index contributed by atoms with van der Waals surface area (Å²) in [6, 6.07) is 1.49. The number of halogens is 2. The minimum absolute atomic E-state index is 0.0673. The molecule has 1 aromatic rings. The van der Waals surface area contributed by atoms with Gasteiger partial charge in [-0.1, -0.05) is 11.6 Å². The largest absolute Gasteiger partial charge is 0.489 e. The van der Waals surface area contributed by atoms with Crippen molar-refractivity contribution in [2.45, 2.75) is 13.0 Å². The van der Waals surface area contributed by atoms with Crippen LogP contribution in [0.5, 0.6) is 11.5 Å². The third-order valence-electron chi connectivity index (χ3n) is 2.23. The normalized spacial score (nSPS) is 14.7. The minimum Gasteiger partial charge on any atom is -0.489 e. The molecule has 16 heavy (non-hydrogen) atoms. The Balaban J connectivity index is 2.46. The summed E-state index contributed by atoms with van der Waals surface area (Å²) >= 11 is 5.85. The first kappa shape index (κ1) is 11.4. The summed E-state index contributed by atoms with van der Waals surface area (Å²) < 4.78 is 24.4. The van der Waals surface area contributed by atoms with Crippen LogP contribution >= 0.6 is 11.6 Å². The lowest BCUT2D eigenvalue weighted by Crippen LogP contribution is -2.03. The molecule has 2 rings (SSSR count). The van der Waals surface area contributed by atoms with Crippen molar-refractivity contribution in [2.24, 2.45) is 5.90 Å². The maximum atomic E-state index is 13.7. The molecular formula is C10H11ClFNO3. The minimum atomic E-state index is -0.587. The second-order valence-electron chi connectivity index (χ2n) is 3.35. The lowest BCUT2D eigenvalue weighted by atomic mass is 10.2. The smallest absolute Gasteiger partial charge is 0.182 e. The zero-order chi connectivity index (χ0) is 11.5. The van der Waals surface area contributed by atoms with E-state index in [2.05, 4.69) is 4.84 Å². The van der Waals surface area contributed by atoms with Crippen LogP contribution in [0.25, 0.3) is 0 Å². The predicted molar refractivity (Wildman–Crippen MR) is 56.0 cm³/mol. The molecule has 0 radical (unpaired) electrons. The van der Waals surface area contributed by atoms with Crippen molar-refractivity contribution < 1.29 is 18.7 Å². The molecule has 0 spiro atoms. The highest BCUT2D eigenvalue weighted by Crippen LogP contribution is 2.40. The van der Waals surface area contributed by atoms with Gasteiger partial charge < -0.3 is 9.47 Å². The number of rotatable bonds is 2. The Morgan fingerprint density at radius 2 is 2.19 bits per heavy atom. The summed E-state index contributed by atoms with van der Waals surface area (Å²) in [7, 11) is 0.